The zero-order chi connectivity index (χ0) is 18.1. The molecule has 0 fully saturated rings. The summed E-state index contributed by atoms with van der Waals surface area (Å²) in [5.41, 5.74) is 0. The van der Waals surface area contributed by atoms with Crippen molar-refractivity contribution in [1.82, 2.24) is 0 Å². The first-order valence-corrected chi connectivity index (χ1v) is 11.1. The highest BCUT2D eigenvalue weighted by molar-refractivity contribution is 7.80. The van der Waals surface area contributed by atoms with Crippen LogP contribution in [-0.4, -0.2) is 25.9 Å². The standard InChI is InChI=1S/C18H38O5S/c1-3-4-5-6-7-8-9-10-11-12-13-14-15-16-17-22-18(2)23-24(19,20)21/h18H,3-17H2,1-2H3,(H,19,20,21). The van der Waals surface area contributed by atoms with Gasteiger partial charge in [0, 0.05) is 6.61 Å². The maximum atomic E-state index is 10.5. The van der Waals surface area contributed by atoms with Gasteiger partial charge in [0.1, 0.15) is 0 Å². The third-order valence-corrected chi connectivity index (χ3v) is 4.62. The van der Waals surface area contributed by atoms with Crippen LogP contribution in [0.1, 0.15) is 104 Å². The van der Waals surface area contributed by atoms with Crippen LogP contribution in [-0.2, 0) is 19.3 Å². The van der Waals surface area contributed by atoms with Gasteiger partial charge >= 0.3 is 10.4 Å². The van der Waals surface area contributed by atoms with E-state index in [0.29, 0.717) is 6.61 Å². The van der Waals surface area contributed by atoms with Crippen molar-refractivity contribution in [1.29, 1.82) is 0 Å². The van der Waals surface area contributed by atoms with E-state index in [0.717, 1.165) is 12.8 Å². The third-order valence-electron chi connectivity index (χ3n) is 4.11. The second-order valence-electron chi connectivity index (χ2n) is 6.56. The van der Waals surface area contributed by atoms with E-state index >= 15 is 0 Å². The highest BCUT2D eigenvalue weighted by Gasteiger charge is 2.11. The van der Waals surface area contributed by atoms with E-state index in [-0.39, 0.29) is 0 Å². The molecule has 24 heavy (non-hydrogen) atoms. The predicted molar refractivity (Wildman–Crippen MR) is 98.4 cm³/mol. The summed E-state index contributed by atoms with van der Waals surface area (Å²) in [6, 6.07) is 0. The molecule has 0 aliphatic heterocycles. The first kappa shape index (κ1) is 23.8. The van der Waals surface area contributed by atoms with Gasteiger partial charge in [-0.2, -0.15) is 8.42 Å². The number of unbranched alkanes of at least 4 members (excludes halogenated alkanes) is 13. The van der Waals surface area contributed by atoms with Gasteiger partial charge in [-0.15, -0.1) is 0 Å². The molecule has 6 heteroatoms. The molecule has 0 aliphatic rings. The van der Waals surface area contributed by atoms with Crippen molar-refractivity contribution in [3.8, 4) is 0 Å². The zero-order valence-electron chi connectivity index (χ0n) is 15.7. The normalized spacial score (nSPS) is 13.3. The maximum Gasteiger partial charge on any atom is 0.399 e. The van der Waals surface area contributed by atoms with Crippen LogP contribution < -0.4 is 0 Å². The van der Waals surface area contributed by atoms with Crippen molar-refractivity contribution in [3.63, 3.8) is 0 Å². The lowest BCUT2D eigenvalue weighted by molar-refractivity contribution is -0.0689. The molecule has 146 valence electrons. The topological polar surface area (TPSA) is 72.8 Å². The van der Waals surface area contributed by atoms with Gasteiger partial charge in [-0.25, -0.2) is 4.18 Å². The predicted octanol–water partition coefficient (Wildman–Crippen LogP) is 5.65. The summed E-state index contributed by atoms with van der Waals surface area (Å²) in [5, 5.41) is 0. The highest BCUT2D eigenvalue weighted by Crippen LogP contribution is 2.13. The highest BCUT2D eigenvalue weighted by atomic mass is 32.3. The molecule has 0 aliphatic carbocycles. The van der Waals surface area contributed by atoms with Gasteiger partial charge < -0.3 is 4.74 Å². The lowest BCUT2D eigenvalue weighted by Gasteiger charge is -2.11. The Morgan fingerprint density at radius 3 is 1.50 bits per heavy atom. The molecule has 1 atom stereocenters. The first-order valence-electron chi connectivity index (χ1n) is 9.73. The van der Waals surface area contributed by atoms with E-state index in [4.69, 9.17) is 9.29 Å². The van der Waals surface area contributed by atoms with E-state index in [1.807, 2.05) is 0 Å². The molecule has 1 N–H and O–H groups in total. The van der Waals surface area contributed by atoms with Crippen molar-refractivity contribution in [2.75, 3.05) is 6.61 Å². The van der Waals surface area contributed by atoms with Gasteiger partial charge in [0.2, 0.25) is 0 Å². The molecule has 0 aromatic heterocycles. The van der Waals surface area contributed by atoms with Crippen LogP contribution in [0, 0.1) is 0 Å². The van der Waals surface area contributed by atoms with E-state index < -0.39 is 16.7 Å². The van der Waals surface area contributed by atoms with Crippen molar-refractivity contribution in [2.24, 2.45) is 0 Å². The number of rotatable bonds is 18. The van der Waals surface area contributed by atoms with Crippen LogP contribution in [0.5, 0.6) is 0 Å². The van der Waals surface area contributed by atoms with Crippen molar-refractivity contribution in [3.05, 3.63) is 0 Å². The summed E-state index contributed by atoms with van der Waals surface area (Å²) in [6.45, 7) is 4.16. The maximum absolute atomic E-state index is 10.5. The molecule has 0 saturated heterocycles. The number of hydrogen-bond acceptors (Lipinski definition) is 4. The summed E-state index contributed by atoms with van der Waals surface area (Å²) in [7, 11) is -4.42. The molecule has 0 heterocycles. The third kappa shape index (κ3) is 19.9. The van der Waals surface area contributed by atoms with Crippen LogP contribution in [0.4, 0.5) is 0 Å². The Bertz CT molecular complexity index is 356. The lowest BCUT2D eigenvalue weighted by Crippen LogP contribution is -2.18. The molecule has 0 aromatic carbocycles. The van der Waals surface area contributed by atoms with Gasteiger partial charge in [0.15, 0.2) is 6.29 Å². The van der Waals surface area contributed by atoms with Crippen molar-refractivity contribution in [2.45, 2.75) is 110 Å². The van der Waals surface area contributed by atoms with Crippen LogP contribution in [0.15, 0.2) is 0 Å². The quantitative estimate of drug-likeness (QED) is 0.193. The monoisotopic (exact) mass is 366 g/mol. The number of ether oxygens (including phenoxy) is 1. The summed E-state index contributed by atoms with van der Waals surface area (Å²) in [6.07, 6.45) is 17.2. The van der Waals surface area contributed by atoms with Gasteiger partial charge in [-0.05, 0) is 13.3 Å². The fourth-order valence-electron chi connectivity index (χ4n) is 2.74. The average Bonchev–Trinajstić information content (AvgIpc) is 2.49. The average molecular weight is 367 g/mol. The molecule has 0 spiro atoms. The molecule has 0 amide bonds. The van der Waals surface area contributed by atoms with Gasteiger partial charge in [-0.3, -0.25) is 4.55 Å². The molecule has 5 nitrogen and oxygen atoms in total. The van der Waals surface area contributed by atoms with Crippen LogP contribution in [0.25, 0.3) is 0 Å². The van der Waals surface area contributed by atoms with Gasteiger partial charge in [0.25, 0.3) is 0 Å². The summed E-state index contributed by atoms with van der Waals surface area (Å²) < 4.78 is 38.8. The van der Waals surface area contributed by atoms with E-state index in [2.05, 4.69) is 11.1 Å². The summed E-state index contributed by atoms with van der Waals surface area (Å²) in [5.74, 6) is 0. The fourth-order valence-corrected chi connectivity index (χ4v) is 3.14. The molecule has 0 aromatic rings. The Balaban J connectivity index is 3.15. The molecule has 0 radical (unpaired) electrons. The van der Waals surface area contributed by atoms with Crippen molar-refractivity contribution >= 4 is 10.4 Å². The van der Waals surface area contributed by atoms with Crippen LogP contribution >= 0.6 is 0 Å². The minimum Gasteiger partial charge on any atom is -0.352 e. The first-order chi connectivity index (χ1) is 11.5. The molecule has 1 unspecified atom stereocenters. The van der Waals surface area contributed by atoms with Crippen LogP contribution in [0.3, 0.4) is 0 Å². The fraction of sp³-hybridized carbons (Fsp3) is 1.00. The van der Waals surface area contributed by atoms with Gasteiger partial charge in [0.05, 0.1) is 0 Å². The second kappa shape index (κ2) is 16.3. The second-order valence-corrected chi connectivity index (χ2v) is 7.61. The van der Waals surface area contributed by atoms with E-state index in [1.54, 1.807) is 0 Å². The summed E-state index contributed by atoms with van der Waals surface area (Å²) in [4.78, 5) is 0. The largest absolute Gasteiger partial charge is 0.399 e. The summed E-state index contributed by atoms with van der Waals surface area (Å²) >= 11 is 0. The SMILES string of the molecule is CCCCCCCCCCCCCCCCOC(C)OS(=O)(=O)O. The molecular formula is C18H38O5S. The van der Waals surface area contributed by atoms with Gasteiger partial charge in [-0.1, -0.05) is 90.4 Å². The Labute approximate surface area is 149 Å². The Morgan fingerprint density at radius 2 is 1.12 bits per heavy atom. The van der Waals surface area contributed by atoms with E-state index in [9.17, 15) is 8.42 Å². The Morgan fingerprint density at radius 1 is 0.750 bits per heavy atom. The lowest BCUT2D eigenvalue weighted by atomic mass is 10.0. The minimum atomic E-state index is -4.42. The van der Waals surface area contributed by atoms with Crippen molar-refractivity contribution < 1.29 is 21.9 Å². The smallest absolute Gasteiger partial charge is 0.352 e. The minimum absolute atomic E-state index is 0.453. The molecular weight excluding hydrogens is 328 g/mol. The Hall–Kier alpha value is -0.170. The van der Waals surface area contributed by atoms with Crippen LogP contribution in [0.2, 0.25) is 0 Å². The zero-order valence-corrected chi connectivity index (χ0v) is 16.5. The van der Waals surface area contributed by atoms with E-state index in [1.165, 1.54) is 84.0 Å². The Kier molecular flexibility index (Phi) is 16.2. The molecule has 0 bridgehead atoms. The molecule has 0 saturated carbocycles. The number of hydrogen-bond donors (Lipinski definition) is 1. The molecule has 0 rings (SSSR count).